The van der Waals surface area contributed by atoms with Crippen LogP contribution in [0.1, 0.15) is 39.5 Å². The summed E-state index contributed by atoms with van der Waals surface area (Å²) in [5.41, 5.74) is 4.57. The van der Waals surface area contributed by atoms with Crippen LogP contribution < -0.4 is 15.6 Å². The van der Waals surface area contributed by atoms with Gasteiger partial charge in [-0.2, -0.15) is 0 Å². The van der Waals surface area contributed by atoms with Crippen LogP contribution in [0, 0.1) is 5.82 Å². The van der Waals surface area contributed by atoms with E-state index in [1.54, 1.807) is 6.07 Å². The summed E-state index contributed by atoms with van der Waals surface area (Å²) < 4.78 is 18.6. The summed E-state index contributed by atoms with van der Waals surface area (Å²) in [7, 11) is 0. The minimum Gasteiger partial charge on any atom is -0.478 e. The van der Waals surface area contributed by atoms with Crippen molar-refractivity contribution >= 4 is 11.8 Å². The Bertz CT molecular complexity index is 480. The van der Waals surface area contributed by atoms with Gasteiger partial charge < -0.3 is 4.74 Å². The summed E-state index contributed by atoms with van der Waals surface area (Å²) in [6.45, 7) is 3.52. The Morgan fingerprint density at radius 2 is 1.95 bits per heavy atom. The van der Waals surface area contributed by atoms with Gasteiger partial charge in [0.2, 0.25) is 5.91 Å². The van der Waals surface area contributed by atoms with E-state index in [1.165, 1.54) is 25.1 Å². The zero-order chi connectivity index (χ0) is 15.7. The van der Waals surface area contributed by atoms with Crippen LogP contribution in [0.5, 0.6) is 5.75 Å². The molecule has 0 saturated carbocycles. The zero-order valence-electron chi connectivity index (χ0n) is 12.3. The third-order valence-corrected chi connectivity index (χ3v) is 2.84. The van der Waals surface area contributed by atoms with E-state index >= 15 is 0 Å². The normalized spacial score (nSPS) is 11.6. The maximum Gasteiger partial charge on any atom is 0.279 e. The van der Waals surface area contributed by atoms with Crippen molar-refractivity contribution in [3.63, 3.8) is 0 Å². The molecule has 0 saturated heterocycles. The van der Waals surface area contributed by atoms with Crippen LogP contribution >= 0.6 is 0 Å². The van der Waals surface area contributed by atoms with Crippen LogP contribution in [0.15, 0.2) is 24.3 Å². The highest BCUT2D eigenvalue weighted by molar-refractivity contribution is 5.84. The molecular weight excluding hydrogens is 275 g/mol. The molecule has 0 aliphatic heterocycles. The number of benzene rings is 1. The Morgan fingerprint density at radius 3 is 2.62 bits per heavy atom. The van der Waals surface area contributed by atoms with E-state index in [-0.39, 0.29) is 11.7 Å². The number of halogens is 1. The number of para-hydroxylation sites is 1. The molecule has 1 atom stereocenters. The molecule has 1 rings (SSSR count). The monoisotopic (exact) mass is 296 g/mol. The number of carbonyl (C=O) groups excluding carboxylic acids is 2. The molecule has 0 aromatic heterocycles. The van der Waals surface area contributed by atoms with Gasteiger partial charge in [0.1, 0.15) is 0 Å². The molecule has 1 aromatic rings. The van der Waals surface area contributed by atoms with Gasteiger partial charge in [0, 0.05) is 6.42 Å². The molecule has 1 aromatic carbocycles. The van der Waals surface area contributed by atoms with Crippen molar-refractivity contribution in [3.05, 3.63) is 30.1 Å². The lowest BCUT2D eigenvalue weighted by Crippen LogP contribution is -2.47. The molecule has 1 unspecified atom stereocenters. The molecule has 116 valence electrons. The van der Waals surface area contributed by atoms with Gasteiger partial charge in [-0.25, -0.2) is 4.39 Å². The van der Waals surface area contributed by atoms with Crippen molar-refractivity contribution in [3.8, 4) is 5.75 Å². The first-order valence-electron chi connectivity index (χ1n) is 7.04. The van der Waals surface area contributed by atoms with Crippen LogP contribution in [0.3, 0.4) is 0 Å². The van der Waals surface area contributed by atoms with Crippen molar-refractivity contribution in [1.29, 1.82) is 0 Å². The SMILES string of the molecule is CCCCCC(=O)NNC(=O)C(C)Oc1ccccc1F. The first kappa shape index (κ1) is 16.9. The second kappa shape index (κ2) is 8.94. The number of hydrazine groups is 1. The Kier molecular flexibility index (Phi) is 7.21. The Balaban J connectivity index is 2.34. The minimum atomic E-state index is -0.919. The third-order valence-electron chi connectivity index (χ3n) is 2.84. The second-order valence-corrected chi connectivity index (χ2v) is 4.69. The molecule has 0 spiro atoms. The standard InChI is InChI=1S/C15H21FN2O3/c1-3-4-5-10-14(19)17-18-15(20)11(2)21-13-9-7-6-8-12(13)16/h6-9,11H,3-5,10H2,1-2H3,(H,17,19)(H,18,20). The van der Waals surface area contributed by atoms with E-state index in [2.05, 4.69) is 10.9 Å². The van der Waals surface area contributed by atoms with Gasteiger partial charge in [0.05, 0.1) is 0 Å². The summed E-state index contributed by atoms with van der Waals surface area (Å²) >= 11 is 0. The highest BCUT2D eigenvalue weighted by Crippen LogP contribution is 2.16. The number of unbranched alkanes of at least 4 members (excludes halogenated alkanes) is 2. The topological polar surface area (TPSA) is 67.4 Å². The van der Waals surface area contributed by atoms with E-state index in [0.29, 0.717) is 6.42 Å². The predicted octanol–water partition coefficient (Wildman–Crippen LogP) is 2.32. The molecular formula is C15H21FN2O3. The maximum atomic E-state index is 13.4. The molecule has 2 amide bonds. The summed E-state index contributed by atoms with van der Waals surface area (Å²) in [6, 6.07) is 5.82. The fourth-order valence-corrected chi connectivity index (χ4v) is 1.62. The molecule has 0 bridgehead atoms. The molecule has 6 heteroatoms. The smallest absolute Gasteiger partial charge is 0.279 e. The summed E-state index contributed by atoms with van der Waals surface area (Å²) in [4.78, 5) is 23.2. The van der Waals surface area contributed by atoms with Crippen LogP contribution in [0.25, 0.3) is 0 Å². The van der Waals surface area contributed by atoms with Gasteiger partial charge in [-0.3, -0.25) is 20.4 Å². The molecule has 0 heterocycles. The first-order valence-corrected chi connectivity index (χ1v) is 7.04. The van der Waals surface area contributed by atoms with E-state index in [1.807, 2.05) is 6.92 Å². The number of amides is 2. The molecule has 0 radical (unpaired) electrons. The summed E-state index contributed by atoms with van der Waals surface area (Å²) in [5, 5.41) is 0. The van der Waals surface area contributed by atoms with Gasteiger partial charge in [-0.1, -0.05) is 31.9 Å². The van der Waals surface area contributed by atoms with Crippen molar-refractivity contribution < 1.29 is 18.7 Å². The molecule has 2 N–H and O–H groups in total. The second-order valence-electron chi connectivity index (χ2n) is 4.69. The Labute approximate surface area is 123 Å². The number of rotatable bonds is 7. The van der Waals surface area contributed by atoms with Crippen molar-refractivity contribution in [2.45, 2.75) is 45.6 Å². The highest BCUT2D eigenvalue weighted by Gasteiger charge is 2.16. The van der Waals surface area contributed by atoms with Crippen LogP contribution in [0.4, 0.5) is 4.39 Å². The Hall–Kier alpha value is -2.11. The van der Waals surface area contributed by atoms with Crippen LogP contribution in [-0.4, -0.2) is 17.9 Å². The van der Waals surface area contributed by atoms with Crippen molar-refractivity contribution in [1.82, 2.24) is 10.9 Å². The fraction of sp³-hybridized carbons (Fsp3) is 0.467. The maximum absolute atomic E-state index is 13.4. The first-order chi connectivity index (χ1) is 10.0. The lowest BCUT2D eigenvalue weighted by molar-refractivity contribution is -0.132. The number of ether oxygens (including phenoxy) is 1. The quantitative estimate of drug-likeness (QED) is 0.599. The molecule has 0 aliphatic rings. The largest absolute Gasteiger partial charge is 0.478 e. The molecule has 0 aliphatic carbocycles. The van der Waals surface area contributed by atoms with E-state index < -0.39 is 17.8 Å². The van der Waals surface area contributed by atoms with Gasteiger partial charge in [0.15, 0.2) is 17.7 Å². The molecule has 21 heavy (non-hydrogen) atoms. The number of hydrogen-bond acceptors (Lipinski definition) is 3. The zero-order valence-corrected chi connectivity index (χ0v) is 12.3. The van der Waals surface area contributed by atoms with Gasteiger partial charge in [-0.05, 0) is 25.5 Å². The summed E-state index contributed by atoms with van der Waals surface area (Å²) in [5.74, 6) is -1.34. The fourth-order valence-electron chi connectivity index (χ4n) is 1.62. The lowest BCUT2D eigenvalue weighted by Gasteiger charge is -2.15. The van der Waals surface area contributed by atoms with Gasteiger partial charge in [-0.15, -0.1) is 0 Å². The minimum absolute atomic E-state index is 0.00516. The van der Waals surface area contributed by atoms with Crippen molar-refractivity contribution in [2.24, 2.45) is 0 Å². The number of carbonyl (C=O) groups is 2. The van der Waals surface area contributed by atoms with E-state index in [4.69, 9.17) is 4.74 Å². The molecule has 5 nitrogen and oxygen atoms in total. The van der Waals surface area contributed by atoms with Crippen LogP contribution in [0.2, 0.25) is 0 Å². The number of nitrogens with one attached hydrogen (secondary N) is 2. The average Bonchev–Trinajstić information content (AvgIpc) is 2.47. The van der Waals surface area contributed by atoms with E-state index in [0.717, 1.165) is 19.3 Å². The van der Waals surface area contributed by atoms with Crippen molar-refractivity contribution in [2.75, 3.05) is 0 Å². The van der Waals surface area contributed by atoms with Gasteiger partial charge >= 0.3 is 0 Å². The number of hydrogen-bond donors (Lipinski definition) is 2. The predicted molar refractivity (Wildman–Crippen MR) is 76.9 cm³/mol. The van der Waals surface area contributed by atoms with Gasteiger partial charge in [0.25, 0.3) is 5.91 Å². The summed E-state index contributed by atoms with van der Waals surface area (Å²) in [6.07, 6.45) is 2.20. The highest BCUT2D eigenvalue weighted by atomic mass is 19.1. The lowest BCUT2D eigenvalue weighted by atomic mass is 10.2. The van der Waals surface area contributed by atoms with E-state index in [9.17, 15) is 14.0 Å². The third kappa shape index (κ3) is 6.25. The molecule has 0 fully saturated rings. The van der Waals surface area contributed by atoms with Crippen LogP contribution in [-0.2, 0) is 9.59 Å². The average molecular weight is 296 g/mol. The Morgan fingerprint density at radius 1 is 1.24 bits per heavy atom.